The van der Waals surface area contributed by atoms with E-state index in [4.69, 9.17) is 4.74 Å². The third-order valence-electron chi connectivity index (χ3n) is 4.60. The zero-order chi connectivity index (χ0) is 18.8. The van der Waals surface area contributed by atoms with Gasteiger partial charge in [0.2, 0.25) is 0 Å². The lowest BCUT2D eigenvalue weighted by Crippen LogP contribution is -2.02. The Labute approximate surface area is 157 Å². The number of Topliss-reactive ketones (excluding diaryl/α,β-unsaturated/α-hetero) is 2. The maximum absolute atomic E-state index is 12.6. The maximum atomic E-state index is 12.6. The van der Waals surface area contributed by atoms with Crippen LogP contribution in [0.1, 0.15) is 37.4 Å². The van der Waals surface area contributed by atoms with Crippen LogP contribution < -0.4 is 4.74 Å². The lowest BCUT2D eigenvalue weighted by Gasteiger charge is -2.10. The molecule has 0 amide bonds. The van der Waals surface area contributed by atoms with Crippen molar-refractivity contribution in [3.8, 4) is 5.75 Å². The molecule has 0 saturated carbocycles. The summed E-state index contributed by atoms with van der Waals surface area (Å²) in [5.74, 6) is 0.177. The van der Waals surface area contributed by atoms with Crippen LogP contribution >= 0.6 is 0 Å². The number of carbonyl (C=O) groups excluding carboxylic acids is 2. The fraction of sp³-hybridized carbons (Fsp3) is 0.0833. The van der Waals surface area contributed by atoms with Crippen LogP contribution in [0.5, 0.6) is 5.75 Å². The molecule has 0 heterocycles. The highest BCUT2D eigenvalue weighted by molar-refractivity contribution is 6.41. The molecule has 0 radical (unpaired) electrons. The molecule has 0 bridgehead atoms. The van der Waals surface area contributed by atoms with Gasteiger partial charge in [-0.3, -0.25) is 9.59 Å². The number of aryl methyl sites for hydroxylation is 1. The van der Waals surface area contributed by atoms with Gasteiger partial charge in [-0.1, -0.05) is 72.3 Å². The molecule has 0 atom stereocenters. The molecule has 3 nitrogen and oxygen atoms in total. The fourth-order valence-electron chi connectivity index (χ4n) is 3.25. The number of rotatable bonds is 4. The molecule has 0 N–H and O–H groups in total. The highest BCUT2D eigenvalue weighted by Crippen LogP contribution is 2.30. The molecule has 1 aliphatic rings. The summed E-state index contributed by atoms with van der Waals surface area (Å²) in [6, 6.07) is 22.5. The van der Waals surface area contributed by atoms with Gasteiger partial charge in [0.25, 0.3) is 0 Å². The minimum Gasteiger partial charge on any atom is -0.488 e. The van der Waals surface area contributed by atoms with E-state index in [1.54, 1.807) is 30.3 Å². The molecule has 0 aliphatic heterocycles. The largest absolute Gasteiger partial charge is 0.488 e. The van der Waals surface area contributed by atoms with Crippen molar-refractivity contribution in [1.82, 2.24) is 0 Å². The van der Waals surface area contributed by atoms with E-state index in [0.717, 1.165) is 11.1 Å². The van der Waals surface area contributed by atoms with Crippen LogP contribution in [0.3, 0.4) is 0 Å². The molecule has 0 fully saturated rings. The predicted molar refractivity (Wildman–Crippen MR) is 105 cm³/mol. The van der Waals surface area contributed by atoms with Crippen molar-refractivity contribution in [2.75, 3.05) is 0 Å². The first-order chi connectivity index (χ1) is 13.1. The van der Waals surface area contributed by atoms with Crippen molar-refractivity contribution in [3.05, 3.63) is 106 Å². The van der Waals surface area contributed by atoms with E-state index in [1.165, 1.54) is 5.56 Å². The van der Waals surface area contributed by atoms with Crippen molar-refractivity contribution in [2.45, 2.75) is 13.5 Å². The number of allylic oxidation sites excluding steroid dienone is 1. The minimum atomic E-state index is -0.232. The van der Waals surface area contributed by atoms with Crippen molar-refractivity contribution in [2.24, 2.45) is 0 Å². The van der Waals surface area contributed by atoms with Crippen LogP contribution in [0, 0.1) is 6.92 Å². The SMILES string of the molecule is Cc1cccc(COc2ccccc2C=C2C(=O)c3ccccc3C2=O)c1. The van der Waals surface area contributed by atoms with E-state index >= 15 is 0 Å². The smallest absolute Gasteiger partial charge is 0.197 e. The second-order valence-electron chi connectivity index (χ2n) is 6.58. The molecule has 1 aliphatic carbocycles. The number of ketones is 2. The summed E-state index contributed by atoms with van der Waals surface area (Å²) in [4.78, 5) is 25.2. The minimum absolute atomic E-state index is 0.183. The third-order valence-corrected chi connectivity index (χ3v) is 4.60. The van der Waals surface area contributed by atoms with Crippen LogP contribution in [0.15, 0.2) is 78.4 Å². The van der Waals surface area contributed by atoms with Crippen LogP contribution in [0.25, 0.3) is 6.08 Å². The van der Waals surface area contributed by atoms with Gasteiger partial charge in [0.15, 0.2) is 11.6 Å². The summed E-state index contributed by atoms with van der Waals surface area (Å²) in [5.41, 5.74) is 4.07. The highest BCUT2D eigenvalue weighted by atomic mass is 16.5. The van der Waals surface area contributed by atoms with Crippen molar-refractivity contribution < 1.29 is 14.3 Å². The zero-order valence-electron chi connectivity index (χ0n) is 14.9. The number of benzene rings is 3. The van der Waals surface area contributed by atoms with Gasteiger partial charge >= 0.3 is 0 Å². The molecule has 3 aromatic rings. The van der Waals surface area contributed by atoms with Gasteiger partial charge in [-0.2, -0.15) is 0 Å². The molecule has 0 aromatic heterocycles. The Morgan fingerprint density at radius 3 is 2.19 bits per heavy atom. The molecular formula is C24H18O3. The van der Waals surface area contributed by atoms with Crippen molar-refractivity contribution in [3.63, 3.8) is 0 Å². The summed E-state index contributed by atoms with van der Waals surface area (Å²) < 4.78 is 5.97. The third kappa shape index (κ3) is 3.32. The van der Waals surface area contributed by atoms with E-state index in [9.17, 15) is 9.59 Å². The first-order valence-electron chi connectivity index (χ1n) is 8.81. The molecule has 3 heteroatoms. The Balaban J connectivity index is 1.63. The monoisotopic (exact) mass is 354 g/mol. The van der Waals surface area contributed by atoms with E-state index in [-0.39, 0.29) is 17.1 Å². The maximum Gasteiger partial charge on any atom is 0.197 e. The number of carbonyl (C=O) groups is 2. The van der Waals surface area contributed by atoms with Crippen molar-refractivity contribution >= 4 is 17.6 Å². The van der Waals surface area contributed by atoms with E-state index in [0.29, 0.717) is 23.5 Å². The Morgan fingerprint density at radius 2 is 1.48 bits per heavy atom. The summed E-state index contributed by atoms with van der Waals surface area (Å²) in [5, 5.41) is 0. The number of hydrogen-bond acceptors (Lipinski definition) is 3. The van der Waals surface area contributed by atoms with Gasteiger partial charge in [-0.25, -0.2) is 0 Å². The Kier molecular flexibility index (Phi) is 4.43. The molecular weight excluding hydrogens is 336 g/mol. The molecule has 3 aromatic carbocycles. The number of para-hydroxylation sites is 1. The standard InChI is InChI=1S/C24H18O3/c1-16-7-6-8-17(13-16)15-27-22-12-5-2-9-18(22)14-21-23(25)19-10-3-4-11-20(19)24(21)26/h2-14H,15H2,1H3. The molecule has 0 unspecified atom stereocenters. The van der Waals surface area contributed by atoms with Gasteiger partial charge in [0.1, 0.15) is 12.4 Å². The molecule has 0 spiro atoms. The van der Waals surface area contributed by atoms with Crippen LogP contribution in [-0.4, -0.2) is 11.6 Å². The topological polar surface area (TPSA) is 43.4 Å². The number of fused-ring (bicyclic) bond motifs is 1. The van der Waals surface area contributed by atoms with Crippen LogP contribution in [-0.2, 0) is 6.61 Å². The summed E-state index contributed by atoms with van der Waals surface area (Å²) in [7, 11) is 0. The molecule has 4 rings (SSSR count). The number of hydrogen-bond donors (Lipinski definition) is 0. The van der Waals surface area contributed by atoms with Crippen molar-refractivity contribution in [1.29, 1.82) is 0 Å². The van der Waals surface area contributed by atoms with Crippen LogP contribution in [0.4, 0.5) is 0 Å². The average molecular weight is 354 g/mol. The highest BCUT2D eigenvalue weighted by Gasteiger charge is 2.32. The average Bonchev–Trinajstić information content (AvgIpc) is 2.93. The van der Waals surface area contributed by atoms with Gasteiger partial charge < -0.3 is 4.74 Å². The molecule has 0 saturated heterocycles. The van der Waals surface area contributed by atoms with Crippen LogP contribution in [0.2, 0.25) is 0 Å². The Morgan fingerprint density at radius 1 is 0.815 bits per heavy atom. The lowest BCUT2D eigenvalue weighted by molar-refractivity contribution is 0.0990. The van der Waals surface area contributed by atoms with Gasteiger partial charge in [-0.15, -0.1) is 0 Å². The van der Waals surface area contributed by atoms with Gasteiger partial charge in [0, 0.05) is 16.7 Å². The van der Waals surface area contributed by atoms with E-state index in [1.807, 2.05) is 49.4 Å². The predicted octanol–water partition coefficient (Wildman–Crippen LogP) is 5.04. The fourth-order valence-corrected chi connectivity index (χ4v) is 3.25. The first-order valence-corrected chi connectivity index (χ1v) is 8.81. The summed E-state index contributed by atoms with van der Waals surface area (Å²) in [6.45, 7) is 2.46. The second-order valence-corrected chi connectivity index (χ2v) is 6.58. The molecule has 27 heavy (non-hydrogen) atoms. The zero-order valence-corrected chi connectivity index (χ0v) is 14.9. The second kappa shape index (κ2) is 7.04. The Hall–Kier alpha value is -3.46. The molecule has 132 valence electrons. The number of ether oxygens (including phenoxy) is 1. The lowest BCUT2D eigenvalue weighted by atomic mass is 10.1. The van der Waals surface area contributed by atoms with Gasteiger partial charge in [-0.05, 0) is 24.6 Å². The first kappa shape index (κ1) is 17.0. The normalized spacial score (nSPS) is 12.9. The Bertz CT molecular complexity index is 1040. The summed E-state index contributed by atoms with van der Waals surface area (Å²) >= 11 is 0. The van der Waals surface area contributed by atoms with E-state index < -0.39 is 0 Å². The quantitative estimate of drug-likeness (QED) is 0.487. The van der Waals surface area contributed by atoms with E-state index in [2.05, 4.69) is 6.07 Å². The van der Waals surface area contributed by atoms with Gasteiger partial charge in [0.05, 0.1) is 5.57 Å². The summed E-state index contributed by atoms with van der Waals surface area (Å²) in [6.07, 6.45) is 1.64.